The van der Waals surface area contributed by atoms with Gasteiger partial charge in [0.15, 0.2) is 0 Å². The smallest absolute Gasteiger partial charge is 0.243 e. The minimum absolute atomic E-state index is 0.113. The summed E-state index contributed by atoms with van der Waals surface area (Å²) in [5.74, 6) is -1.23. The van der Waals surface area contributed by atoms with E-state index in [2.05, 4.69) is 10.6 Å². The SMILES string of the molecule is Cc1ccc(F)c(NC(=O)CNC(=O)Cc2ccccc2)c1. The predicted molar refractivity (Wildman–Crippen MR) is 82.9 cm³/mol. The van der Waals surface area contributed by atoms with Crippen molar-refractivity contribution in [1.29, 1.82) is 0 Å². The molecular formula is C17H17FN2O2. The van der Waals surface area contributed by atoms with Gasteiger partial charge in [-0.05, 0) is 30.2 Å². The van der Waals surface area contributed by atoms with Crippen LogP contribution in [0.1, 0.15) is 11.1 Å². The highest BCUT2D eigenvalue weighted by molar-refractivity contribution is 5.94. The molecule has 2 amide bonds. The molecule has 0 fully saturated rings. The predicted octanol–water partition coefficient (Wildman–Crippen LogP) is 2.43. The first kappa shape index (κ1) is 15.7. The summed E-state index contributed by atoms with van der Waals surface area (Å²) in [5.41, 5.74) is 1.82. The molecule has 4 nitrogen and oxygen atoms in total. The van der Waals surface area contributed by atoms with Gasteiger partial charge in [0, 0.05) is 0 Å². The number of carbonyl (C=O) groups is 2. The Bertz CT molecular complexity index is 672. The van der Waals surface area contributed by atoms with Crippen LogP contribution in [-0.4, -0.2) is 18.4 Å². The molecule has 22 heavy (non-hydrogen) atoms. The zero-order valence-electron chi connectivity index (χ0n) is 12.2. The number of carbonyl (C=O) groups excluding carboxylic acids is 2. The summed E-state index contributed by atoms with van der Waals surface area (Å²) < 4.78 is 13.5. The Morgan fingerprint density at radius 3 is 2.50 bits per heavy atom. The summed E-state index contributed by atoms with van der Waals surface area (Å²) in [6, 6.07) is 13.7. The van der Waals surface area contributed by atoms with E-state index in [1.165, 1.54) is 6.07 Å². The maximum Gasteiger partial charge on any atom is 0.243 e. The molecule has 2 aromatic carbocycles. The molecule has 0 unspecified atom stereocenters. The number of halogens is 1. The Hall–Kier alpha value is -2.69. The van der Waals surface area contributed by atoms with E-state index < -0.39 is 11.7 Å². The highest BCUT2D eigenvalue weighted by Gasteiger charge is 2.09. The van der Waals surface area contributed by atoms with E-state index in [-0.39, 0.29) is 24.6 Å². The quantitative estimate of drug-likeness (QED) is 0.891. The van der Waals surface area contributed by atoms with Crippen LogP contribution in [0.3, 0.4) is 0 Å². The van der Waals surface area contributed by atoms with Gasteiger partial charge in [0.1, 0.15) is 5.82 Å². The third-order valence-corrected chi connectivity index (χ3v) is 3.05. The summed E-state index contributed by atoms with van der Waals surface area (Å²) in [7, 11) is 0. The number of amides is 2. The monoisotopic (exact) mass is 300 g/mol. The molecule has 2 rings (SSSR count). The summed E-state index contributed by atoms with van der Waals surface area (Å²) in [4.78, 5) is 23.5. The van der Waals surface area contributed by atoms with Crippen LogP contribution in [-0.2, 0) is 16.0 Å². The lowest BCUT2D eigenvalue weighted by atomic mass is 10.1. The first-order valence-electron chi connectivity index (χ1n) is 6.91. The maximum absolute atomic E-state index is 13.5. The summed E-state index contributed by atoms with van der Waals surface area (Å²) in [6.45, 7) is 1.61. The van der Waals surface area contributed by atoms with E-state index in [0.29, 0.717) is 0 Å². The molecule has 2 aromatic rings. The van der Waals surface area contributed by atoms with Crippen molar-refractivity contribution < 1.29 is 14.0 Å². The zero-order chi connectivity index (χ0) is 15.9. The molecule has 0 aromatic heterocycles. The molecule has 2 N–H and O–H groups in total. The minimum atomic E-state index is -0.505. The normalized spacial score (nSPS) is 10.1. The van der Waals surface area contributed by atoms with Crippen LogP contribution in [0.25, 0.3) is 0 Å². The van der Waals surface area contributed by atoms with Crippen LogP contribution < -0.4 is 10.6 Å². The van der Waals surface area contributed by atoms with Crippen LogP contribution in [0.15, 0.2) is 48.5 Å². The Morgan fingerprint density at radius 2 is 1.77 bits per heavy atom. The molecule has 0 bridgehead atoms. The standard InChI is InChI=1S/C17H17FN2O2/c1-12-7-8-14(18)15(9-12)20-17(22)11-19-16(21)10-13-5-3-2-4-6-13/h2-9H,10-11H2,1H3,(H,19,21)(H,20,22). The van der Waals surface area contributed by atoms with E-state index in [4.69, 9.17) is 0 Å². The van der Waals surface area contributed by atoms with E-state index >= 15 is 0 Å². The third-order valence-electron chi connectivity index (χ3n) is 3.05. The summed E-state index contributed by atoms with van der Waals surface area (Å²) in [5, 5.41) is 4.95. The number of hydrogen-bond acceptors (Lipinski definition) is 2. The molecule has 0 aliphatic rings. The Balaban J connectivity index is 1.82. The Morgan fingerprint density at radius 1 is 1.05 bits per heavy atom. The fourth-order valence-corrected chi connectivity index (χ4v) is 1.95. The highest BCUT2D eigenvalue weighted by Crippen LogP contribution is 2.15. The second kappa shape index (κ2) is 7.36. The molecule has 0 heterocycles. The van der Waals surface area contributed by atoms with Crippen molar-refractivity contribution in [3.05, 3.63) is 65.5 Å². The van der Waals surface area contributed by atoms with E-state index in [1.54, 1.807) is 19.1 Å². The van der Waals surface area contributed by atoms with Crippen LogP contribution in [0.2, 0.25) is 0 Å². The Kier molecular flexibility index (Phi) is 5.25. The number of rotatable bonds is 5. The average Bonchev–Trinajstić information content (AvgIpc) is 2.50. The summed E-state index contributed by atoms with van der Waals surface area (Å²) in [6.07, 6.45) is 0.201. The molecule has 0 aliphatic carbocycles. The average molecular weight is 300 g/mol. The third kappa shape index (κ3) is 4.70. The lowest BCUT2D eigenvalue weighted by molar-refractivity contribution is -0.123. The second-order valence-corrected chi connectivity index (χ2v) is 4.97. The van der Waals surface area contributed by atoms with Crippen molar-refractivity contribution >= 4 is 17.5 Å². The van der Waals surface area contributed by atoms with Gasteiger partial charge in [-0.15, -0.1) is 0 Å². The molecule has 0 aliphatic heterocycles. The first-order valence-corrected chi connectivity index (χ1v) is 6.91. The minimum Gasteiger partial charge on any atom is -0.347 e. The topological polar surface area (TPSA) is 58.2 Å². The largest absolute Gasteiger partial charge is 0.347 e. The second-order valence-electron chi connectivity index (χ2n) is 4.97. The zero-order valence-corrected chi connectivity index (χ0v) is 12.2. The first-order chi connectivity index (χ1) is 10.5. The van der Waals surface area contributed by atoms with Gasteiger partial charge in [0.05, 0.1) is 18.7 Å². The van der Waals surface area contributed by atoms with Crippen molar-refractivity contribution in [3.8, 4) is 0 Å². The van der Waals surface area contributed by atoms with Gasteiger partial charge in [0.25, 0.3) is 0 Å². The highest BCUT2D eigenvalue weighted by atomic mass is 19.1. The van der Waals surface area contributed by atoms with Gasteiger partial charge in [-0.3, -0.25) is 9.59 Å². The van der Waals surface area contributed by atoms with Crippen LogP contribution in [0.5, 0.6) is 0 Å². The van der Waals surface area contributed by atoms with Crippen LogP contribution in [0.4, 0.5) is 10.1 Å². The van der Waals surface area contributed by atoms with Crippen LogP contribution >= 0.6 is 0 Å². The van der Waals surface area contributed by atoms with Gasteiger partial charge in [-0.1, -0.05) is 36.4 Å². The fraction of sp³-hybridized carbons (Fsp3) is 0.176. The fourth-order valence-electron chi connectivity index (χ4n) is 1.95. The molecule has 0 atom stereocenters. The molecule has 114 valence electrons. The van der Waals surface area contributed by atoms with E-state index in [1.807, 2.05) is 30.3 Å². The lowest BCUT2D eigenvalue weighted by Crippen LogP contribution is -2.33. The molecule has 0 saturated heterocycles. The van der Waals surface area contributed by atoms with Gasteiger partial charge in [-0.2, -0.15) is 0 Å². The van der Waals surface area contributed by atoms with Gasteiger partial charge in [-0.25, -0.2) is 4.39 Å². The molecule has 0 radical (unpaired) electrons. The van der Waals surface area contributed by atoms with Crippen molar-refractivity contribution in [2.75, 3.05) is 11.9 Å². The molecule has 0 spiro atoms. The van der Waals surface area contributed by atoms with Crippen molar-refractivity contribution in [2.24, 2.45) is 0 Å². The number of aryl methyl sites for hydroxylation is 1. The van der Waals surface area contributed by atoms with Crippen LogP contribution in [0, 0.1) is 12.7 Å². The van der Waals surface area contributed by atoms with Crippen molar-refractivity contribution in [3.63, 3.8) is 0 Å². The number of benzene rings is 2. The number of anilines is 1. The number of nitrogens with one attached hydrogen (secondary N) is 2. The molecule has 0 saturated carbocycles. The van der Waals surface area contributed by atoms with Gasteiger partial charge < -0.3 is 10.6 Å². The Labute approximate surface area is 128 Å². The molecule has 5 heteroatoms. The van der Waals surface area contributed by atoms with Crippen molar-refractivity contribution in [1.82, 2.24) is 5.32 Å². The maximum atomic E-state index is 13.5. The molecular weight excluding hydrogens is 283 g/mol. The van der Waals surface area contributed by atoms with Gasteiger partial charge in [0.2, 0.25) is 11.8 Å². The lowest BCUT2D eigenvalue weighted by Gasteiger charge is -2.08. The van der Waals surface area contributed by atoms with E-state index in [0.717, 1.165) is 11.1 Å². The van der Waals surface area contributed by atoms with E-state index in [9.17, 15) is 14.0 Å². The van der Waals surface area contributed by atoms with Gasteiger partial charge >= 0.3 is 0 Å². The number of hydrogen-bond donors (Lipinski definition) is 2. The van der Waals surface area contributed by atoms with Crippen molar-refractivity contribution in [2.45, 2.75) is 13.3 Å². The summed E-state index contributed by atoms with van der Waals surface area (Å²) >= 11 is 0.